The molecule has 0 aromatic heterocycles. The van der Waals surface area contributed by atoms with Crippen molar-refractivity contribution in [1.29, 1.82) is 0 Å². The van der Waals surface area contributed by atoms with Crippen LogP contribution in [0.25, 0.3) is 0 Å². The molecule has 0 saturated heterocycles. The van der Waals surface area contributed by atoms with E-state index in [4.69, 9.17) is 5.11 Å². The van der Waals surface area contributed by atoms with Gasteiger partial charge in [0.1, 0.15) is 0 Å². The van der Waals surface area contributed by atoms with Gasteiger partial charge in [0.2, 0.25) is 0 Å². The Balaban J connectivity index is 2.50. The van der Waals surface area contributed by atoms with Gasteiger partial charge in [-0.3, -0.25) is 5.32 Å². The fraction of sp³-hybridized carbons (Fsp3) is 0.308. The monoisotopic (exact) mass is 232 g/mol. The smallest absolute Gasteiger partial charge is 0.409 e. The number of rotatable bonds is 1. The van der Waals surface area contributed by atoms with E-state index in [9.17, 15) is 4.79 Å². The number of likely N-dealkylation sites (N-methyl/N-ethyl adjacent to an activating group) is 1. The highest BCUT2D eigenvalue weighted by atomic mass is 16.4. The van der Waals surface area contributed by atoms with E-state index in [2.05, 4.69) is 25.7 Å². The van der Waals surface area contributed by atoms with Crippen LogP contribution in [-0.4, -0.2) is 18.2 Å². The molecule has 0 spiro atoms. The Kier molecular flexibility index (Phi) is 2.38. The predicted octanol–water partition coefficient (Wildman–Crippen LogP) is 3.02. The summed E-state index contributed by atoms with van der Waals surface area (Å²) in [6.07, 6.45) is -1.05. The van der Waals surface area contributed by atoms with Crippen LogP contribution in [0.4, 0.5) is 16.2 Å². The number of allylic oxidation sites excluding steroid dienone is 1. The van der Waals surface area contributed by atoms with E-state index in [0.29, 0.717) is 5.69 Å². The van der Waals surface area contributed by atoms with Crippen LogP contribution < -0.4 is 10.2 Å². The normalized spacial score (nSPS) is 16.9. The molecule has 0 aliphatic carbocycles. The van der Waals surface area contributed by atoms with E-state index in [0.717, 1.165) is 16.9 Å². The van der Waals surface area contributed by atoms with E-state index in [-0.39, 0.29) is 5.41 Å². The molecule has 90 valence electrons. The summed E-state index contributed by atoms with van der Waals surface area (Å²) in [4.78, 5) is 12.7. The lowest BCUT2D eigenvalue weighted by Crippen LogP contribution is -2.21. The molecule has 4 heteroatoms. The number of fused-ring (bicyclic) bond motifs is 1. The van der Waals surface area contributed by atoms with Gasteiger partial charge in [-0.2, -0.15) is 0 Å². The zero-order chi connectivity index (χ0) is 12.8. The molecule has 1 aliphatic heterocycles. The van der Waals surface area contributed by atoms with Crippen molar-refractivity contribution in [3.63, 3.8) is 0 Å². The van der Waals surface area contributed by atoms with Gasteiger partial charge in [-0.25, -0.2) is 4.79 Å². The Bertz CT molecular complexity index is 506. The molecule has 0 bridgehead atoms. The van der Waals surface area contributed by atoms with Crippen LogP contribution in [-0.2, 0) is 5.41 Å². The summed E-state index contributed by atoms with van der Waals surface area (Å²) in [6.45, 7) is 8.25. The van der Waals surface area contributed by atoms with Crippen LogP contribution in [0.15, 0.2) is 30.5 Å². The Morgan fingerprint density at radius 3 is 2.71 bits per heavy atom. The summed E-state index contributed by atoms with van der Waals surface area (Å²) < 4.78 is 0. The minimum atomic E-state index is -1.05. The summed E-state index contributed by atoms with van der Waals surface area (Å²) >= 11 is 0. The third-order valence-corrected chi connectivity index (χ3v) is 3.41. The van der Waals surface area contributed by atoms with Crippen molar-refractivity contribution in [3.05, 3.63) is 36.0 Å². The summed E-state index contributed by atoms with van der Waals surface area (Å²) in [7, 11) is 1.97. The fourth-order valence-corrected chi connectivity index (χ4v) is 2.25. The molecule has 1 aliphatic rings. The standard InChI is InChI=1S/C13H16N2O2/c1-8-13(2,3)10-7-9(14-12(16)17)5-6-11(10)15(8)4/h5-7,14H,1H2,2-4H3,(H,16,17). The number of nitrogens with one attached hydrogen (secondary N) is 1. The summed E-state index contributed by atoms with van der Waals surface area (Å²) in [6, 6.07) is 5.55. The van der Waals surface area contributed by atoms with Crippen LogP contribution in [0.1, 0.15) is 19.4 Å². The van der Waals surface area contributed by atoms with Gasteiger partial charge < -0.3 is 10.0 Å². The van der Waals surface area contributed by atoms with Crippen LogP contribution in [0.2, 0.25) is 0 Å². The van der Waals surface area contributed by atoms with Gasteiger partial charge in [-0.1, -0.05) is 20.4 Å². The van der Waals surface area contributed by atoms with Gasteiger partial charge in [0.15, 0.2) is 0 Å². The largest absolute Gasteiger partial charge is 0.465 e. The van der Waals surface area contributed by atoms with E-state index in [1.807, 2.05) is 24.1 Å². The lowest BCUT2D eigenvalue weighted by Gasteiger charge is -2.22. The first-order valence-corrected chi connectivity index (χ1v) is 5.41. The Morgan fingerprint density at radius 2 is 2.12 bits per heavy atom. The van der Waals surface area contributed by atoms with Crippen LogP contribution >= 0.6 is 0 Å². The molecule has 2 N–H and O–H groups in total. The molecule has 0 saturated carbocycles. The van der Waals surface area contributed by atoms with Gasteiger partial charge in [0, 0.05) is 29.5 Å². The lowest BCUT2D eigenvalue weighted by molar-refractivity contribution is 0.209. The van der Waals surface area contributed by atoms with Gasteiger partial charge >= 0.3 is 6.09 Å². The molecule has 0 atom stereocenters. The predicted molar refractivity (Wildman–Crippen MR) is 68.7 cm³/mol. The molecular weight excluding hydrogens is 216 g/mol. The molecule has 1 aromatic carbocycles. The zero-order valence-corrected chi connectivity index (χ0v) is 10.2. The summed E-state index contributed by atoms with van der Waals surface area (Å²) in [5.41, 5.74) is 3.61. The SMILES string of the molecule is C=C1N(C)c2ccc(NC(=O)O)cc2C1(C)C. The molecule has 0 radical (unpaired) electrons. The number of hydrogen-bond acceptors (Lipinski definition) is 2. The van der Waals surface area contributed by atoms with Crippen molar-refractivity contribution >= 4 is 17.5 Å². The summed E-state index contributed by atoms with van der Waals surface area (Å²) in [5.74, 6) is 0. The van der Waals surface area contributed by atoms with E-state index in [1.54, 1.807) is 6.07 Å². The minimum absolute atomic E-state index is 0.166. The minimum Gasteiger partial charge on any atom is -0.465 e. The number of anilines is 2. The van der Waals surface area contributed by atoms with Crippen LogP contribution in [0.3, 0.4) is 0 Å². The zero-order valence-electron chi connectivity index (χ0n) is 10.2. The topological polar surface area (TPSA) is 52.6 Å². The van der Waals surface area contributed by atoms with E-state index >= 15 is 0 Å². The van der Waals surface area contributed by atoms with Crippen molar-refractivity contribution in [1.82, 2.24) is 0 Å². The highest BCUT2D eigenvalue weighted by molar-refractivity contribution is 5.84. The van der Waals surface area contributed by atoms with Gasteiger partial charge in [0.05, 0.1) is 0 Å². The highest BCUT2D eigenvalue weighted by Crippen LogP contribution is 2.46. The molecule has 4 nitrogen and oxygen atoms in total. The maximum atomic E-state index is 10.6. The molecule has 0 fully saturated rings. The van der Waals surface area contributed by atoms with E-state index < -0.39 is 6.09 Å². The van der Waals surface area contributed by atoms with Crippen LogP contribution in [0.5, 0.6) is 0 Å². The molecule has 2 rings (SSSR count). The number of benzene rings is 1. The molecule has 1 heterocycles. The van der Waals surface area contributed by atoms with Crippen molar-refractivity contribution in [2.75, 3.05) is 17.3 Å². The molecule has 1 amide bonds. The third-order valence-electron chi connectivity index (χ3n) is 3.41. The summed E-state index contributed by atoms with van der Waals surface area (Å²) in [5, 5.41) is 11.1. The second-order valence-corrected chi connectivity index (χ2v) is 4.79. The highest BCUT2D eigenvalue weighted by Gasteiger charge is 2.37. The van der Waals surface area contributed by atoms with Gasteiger partial charge in [0.25, 0.3) is 0 Å². The van der Waals surface area contributed by atoms with Crippen molar-refractivity contribution < 1.29 is 9.90 Å². The average molecular weight is 232 g/mol. The van der Waals surface area contributed by atoms with Gasteiger partial charge in [-0.05, 0) is 23.8 Å². The number of carbonyl (C=O) groups is 1. The molecule has 17 heavy (non-hydrogen) atoms. The van der Waals surface area contributed by atoms with Crippen molar-refractivity contribution in [2.45, 2.75) is 19.3 Å². The second-order valence-electron chi connectivity index (χ2n) is 4.79. The first-order chi connectivity index (χ1) is 7.84. The maximum absolute atomic E-state index is 10.6. The van der Waals surface area contributed by atoms with Gasteiger partial charge in [-0.15, -0.1) is 0 Å². The average Bonchev–Trinajstić information content (AvgIpc) is 2.40. The third kappa shape index (κ3) is 1.65. The molecular formula is C13H16N2O2. The van der Waals surface area contributed by atoms with Crippen molar-refractivity contribution in [3.8, 4) is 0 Å². The Hall–Kier alpha value is -1.97. The molecule has 0 unspecified atom stereocenters. The number of nitrogens with zero attached hydrogens (tertiary/aromatic N) is 1. The second kappa shape index (κ2) is 3.52. The maximum Gasteiger partial charge on any atom is 0.409 e. The number of amides is 1. The lowest BCUT2D eigenvalue weighted by atomic mass is 9.84. The first kappa shape index (κ1) is 11.5. The van der Waals surface area contributed by atoms with Crippen molar-refractivity contribution in [2.24, 2.45) is 0 Å². The number of carboxylic acid groups (broad SMARTS) is 1. The number of hydrogen-bond donors (Lipinski definition) is 2. The fourth-order valence-electron chi connectivity index (χ4n) is 2.25. The Morgan fingerprint density at radius 1 is 1.47 bits per heavy atom. The molecule has 1 aromatic rings. The van der Waals surface area contributed by atoms with Crippen LogP contribution in [0, 0.1) is 0 Å². The van der Waals surface area contributed by atoms with E-state index in [1.165, 1.54) is 0 Å². The first-order valence-electron chi connectivity index (χ1n) is 5.41. The Labute approximate surface area is 101 Å². The quantitative estimate of drug-likeness (QED) is 0.782.